The first-order valence-electron chi connectivity index (χ1n) is 4.46. The van der Waals surface area contributed by atoms with Gasteiger partial charge in [-0.15, -0.1) is 0 Å². The molecule has 0 saturated heterocycles. The molecule has 1 rings (SSSR count). The van der Waals surface area contributed by atoms with Crippen molar-refractivity contribution < 1.29 is 18.0 Å². The third-order valence-electron chi connectivity index (χ3n) is 2.49. The molecule has 82 valence electrons. The Morgan fingerprint density at radius 3 is 2.29 bits per heavy atom. The predicted octanol–water partition coefficient (Wildman–Crippen LogP) is 0.935. The van der Waals surface area contributed by atoms with Crippen LogP contribution in [0.5, 0.6) is 0 Å². The Kier molecular flexibility index (Phi) is 2.76. The van der Waals surface area contributed by atoms with E-state index in [1.54, 1.807) is 6.92 Å². The van der Waals surface area contributed by atoms with Gasteiger partial charge < -0.3 is 5.73 Å². The second-order valence-corrected chi connectivity index (χ2v) is 3.59. The van der Waals surface area contributed by atoms with Crippen molar-refractivity contribution in [2.75, 3.05) is 0 Å². The molecule has 1 unspecified atom stereocenters. The van der Waals surface area contributed by atoms with Gasteiger partial charge in [-0.2, -0.15) is 13.2 Å². The molecule has 0 radical (unpaired) electrons. The summed E-state index contributed by atoms with van der Waals surface area (Å²) in [6, 6.07) is -0.890. The predicted molar refractivity (Wildman–Crippen MR) is 44.4 cm³/mol. The van der Waals surface area contributed by atoms with E-state index in [2.05, 4.69) is 5.32 Å². The molecule has 0 bridgehead atoms. The van der Waals surface area contributed by atoms with Gasteiger partial charge in [0.1, 0.15) is 5.54 Å². The number of primary amides is 1. The molecule has 1 saturated carbocycles. The SMILES string of the molecule is CCC(NC1(C(F)(F)F)CC1)C(N)=O. The van der Waals surface area contributed by atoms with Crippen molar-refractivity contribution in [2.24, 2.45) is 5.73 Å². The number of alkyl halides is 3. The third kappa shape index (κ3) is 2.00. The van der Waals surface area contributed by atoms with E-state index >= 15 is 0 Å². The second kappa shape index (κ2) is 3.42. The minimum Gasteiger partial charge on any atom is -0.368 e. The van der Waals surface area contributed by atoms with Crippen LogP contribution in [0.2, 0.25) is 0 Å². The molecule has 3 N–H and O–H groups in total. The molecule has 0 spiro atoms. The van der Waals surface area contributed by atoms with Gasteiger partial charge in [0.05, 0.1) is 6.04 Å². The average molecular weight is 210 g/mol. The van der Waals surface area contributed by atoms with Crippen molar-refractivity contribution in [3.63, 3.8) is 0 Å². The molecular weight excluding hydrogens is 197 g/mol. The molecular formula is C8H13F3N2O. The van der Waals surface area contributed by atoms with Gasteiger partial charge in [0.25, 0.3) is 0 Å². The van der Waals surface area contributed by atoms with E-state index in [0.717, 1.165) is 0 Å². The van der Waals surface area contributed by atoms with E-state index in [1.807, 2.05) is 0 Å². The molecule has 6 heteroatoms. The number of carbonyl (C=O) groups is 1. The van der Waals surface area contributed by atoms with Crippen LogP contribution in [0.25, 0.3) is 0 Å². The zero-order valence-electron chi connectivity index (χ0n) is 7.82. The number of halogens is 3. The van der Waals surface area contributed by atoms with Crippen molar-refractivity contribution in [1.82, 2.24) is 5.32 Å². The number of carbonyl (C=O) groups excluding carboxylic acids is 1. The zero-order valence-corrected chi connectivity index (χ0v) is 7.82. The Morgan fingerprint density at radius 2 is 2.07 bits per heavy atom. The fraction of sp³-hybridized carbons (Fsp3) is 0.875. The topological polar surface area (TPSA) is 55.1 Å². The van der Waals surface area contributed by atoms with Crippen LogP contribution in [0.15, 0.2) is 0 Å². The largest absolute Gasteiger partial charge is 0.406 e. The minimum atomic E-state index is -4.30. The summed E-state index contributed by atoms with van der Waals surface area (Å²) < 4.78 is 37.3. The maximum atomic E-state index is 12.4. The molecule has 0 aliphatic heterocycles. The summed E-state index contributed by atoms with van der Waals surface area (Å²) >= 11 is 0. The van der Waals surface area contributed by atoms with E-state index in [-0.39, 0.29) is 19.3 Å². The van der Waals surface area contributed by atoms with Gasteiger partial charge in [-0.3, -0.25) is 10.1 Å². The van der Waals surface area contributed by atoms with Crippen LogP contribution in [-0.4, -0.2) is 23.7 Å². The monoisotopic (exact) mass is 210 g/mol. The maximum absolute atomic E-state index is 12.4. The molecule has 14 heavy (non-hydrogen) atoms. The summed E-state index contributed by atoms with van der Waals surface area (Å²) in [5.41, 5.74) is 3.10. The Morgan fingerprint density at radius 1 is 1.57 bits per heavy atom. The average Bonchev–Trinajstić information content (AvgIpc) is 2.78. The molecule has 1 aliphatic rings. The molecule has 0 aromatic carbocycles. The fourth-order valence-electron chi connectivity index (χ4n) is 1.34. The van der Waals surface area contributed by atoms with E-state index in [4.69, 9.17) is 5.73 Å². The fourth-order valence-corrected chi connectivity index (χ4v) is 1.34. The zero-order chi connectivity index (χ0) is 11.0. The number of hydrogen-bond acceptors (Lipinski definition) is 2. The van der Waals surface area contributed by atoms with Gasteiger partial charge in [-0.25, -0.2) is 0 Å². The molecule has 0 heterocycles. The van der Waals surface area contributed by atoms with Crippen molar-refractivity contribution in [3.05, 3.63) is 0 Å². The van der Waals surface area contributed by atoms with E-state index in [0.29, 0.717) is 0 Å². The first-order chi connectivity index (χ1) is 6.32. The lowest BCUT2D eigenvalue weighted by Gasteiger charge is -2.24. The second-order valence-electron chi connectivity index (χ2n) is 3.59. The lowest BCUT2D eigenvalue weighted by atomic mass is 10.1. The number of rotatable bonds is 4. The van der Waals surface area contributed by atoms with Gasteiger partial charge in [0.15, 0.2) is 0 Å². The minimum absolute atomic E-state index is 0.0281. The molecule has 0 aromatic rings. The Hall–Kier alpha value is -0.780. The number of nitrogens with two attached hydrogens (primary N) is 1. The van der Waals surface area contributed by atoms with Crippen LogP contribution in [0, 0.1) is 0 Å². The van der Waals surface area contributed by atoms with Crippen LogP contribution in [0.3, 0.4) is 0 Å². The standard InChI is InChI=1S/C8H13F3N2O/c1-2-5(6(12)14)13-7(3-4-7)8(9,10)11/h5,13H,2-4H2,1H3,(H2,12,14). The molecule has 1 fully saturated rings. The number of nitrogens with one attached hydrogen (secondary N) is 1. The summed E-state index contributed by atoms with van der Waals surface area (Å²) in [5, 5.41) is 2.29. The van der Waals surface area contributed by atoms with Gasteiger partial charge in [-0.1, -0.05) is 6.92 Å². The molecule has 3 nitrogen and oxygen atoms in total. The highest BCUT2D eigenvalue weighted by Gasteiger charge is 2.63. The Bertz CT molecular complexity index is 235. The van der Waals surface area contributed by atoms with Gasteiger partial charge >= 0.3 is 6.18 Å². The molecule has 0 aromatic heterocycles. The van der Waals surface area contributed by atoms with Crippen LogP contribution in [0.1, 0.15) is 26.2 Å². The van der Waals surface area contributed by atoms with Crippen LogP contribution in [-0.2, 0) is 4.79 Å². The van der Waals surface area contributed by atoms with Gasteiger partial charge in [-0.05, 0) is 19.3 Å². The van der Waals surface area contributed by atoms with Crippen LogP contribution >= 0.6 is 0 Å². The van der Waals surface area contributed by atoms with Crippen LogP contribution in [0.4, 0.5) is 13.2 Å². The Balaban J connectivity index is 2.63. The van der Waals surface area contributed by atoms with Crippen molar-refractivity contribution in [3.8, 4) is 0 Å². The summed E-state index contributed by atoms with van der Waals surface area (Å²) in [4.78, 5) is 10.8. The van der Waals surface area contributed by atoms with Crippen molar-refractivity contribution in [2.45, 2.75) is 43.9 Å². The summed E-state index contributed by atoms with van der Waals surface area (Å²) in [7, 11) is 0. The maximum Gasteiger partial charge on any atom is 0.406 e. The van der Waals surface area contributed by atoms with Gasteiger partial charge in [0, 0.05) is 0 Å². The highest BCUT2D eigenvalue weighted by atomic mass is 19.4. The Labute approximate surface area is 79.8 Å². The lowest BCUT2D eigenvalue weighted by molar-refractivity contribution is -0.168. The summed E-state index contributed by atoms with van der Waals surface area (Å²) in [6.07, 6.45) is -3.97. The first kappa shape index (κ1) is 11.3. The third-order valence-corrected chi connectivity index (χ3v) is 2.49. The van der Waals surface area contributed by atoms with Crippen LogP contribution < -0.4 is 11.1 Å². The summed E-state index contributed by atoms with van der Waals surface area (Å²) in [6.45, 7) is 1.62. The molecule has 1 amide bonds. The van der Waals surface area contributed by atoms with Gasteiger partial charge in [0.2, 0.25) is 5.91 Å². The van der Waals surface area contributed by atoms with E-state index in [1.165, 1.54) is 0 Å². The van der Waals surface area contributed by atoms with Crippen molar-refractivity contribution >= 4 is 5.91 Å². The smallest absolute Gasteiger partial charge is 0.368 e. The summed E-state index contributed by atoms with van der Waals surface area (Å²) in [5.74, 6) is -0.733. The molecule has 1 atom stereocenters. The van der Waals surface area contributed by atoms with E-state index < -0.39 is 23.7 Å². The van der Waals surface area contributed by atoms with E-state index in [9.17, 15) is 18.0 Å². The highest BCUT2D eigenvalue weighted by Crippen LogP contribution is 2.49. The quantitative estimate of drug-likeness (QED) is 0.725. The number of hydrogen-bond donors (Lipinski definition) is 2. The van der Waals surface area contributed by atoms with Crippen molar-refractivity contribution in [1.29, 1.82) is 0 Å². The lowest BCUT2D eigenvalue weighted by Crippen LogP contribution is -2.53. The molecule has 1 aliphatic carbocycles. The normalized spacial score (nSPS) is 21.7. The first-order valence-corrected chi connectivity index (χ1v) is 4.46. The highest BCUT2D eigenvalue weighted by molar-refractivity contribution is 5.79. The number of amides is 1.